The summed E-state index contributed by atoms with van der Waals surface area (Å²) in [6, 6.07) is 8.70. The molecule has 0 saturated carbocycles. The summed E-state index contributed by atoms with van der Waals surface area (Å²) in [5.41, 5.74) is 0. The molecule has 1 aromatic heterocycles. The van der Waals surface area contributed by atoms with Gasteiger partial charge in [0.1, 0.15) is 16.5 Å². The van der Waals surface area contributed by atoms with E-state index in [1.807, 2.05) is 0 Å². The molecule has 5 heteroatoms. The molecule has 0 unspecified atom stereocenters. The van der Waals surface area contributed by atoms with Gasteiger partial charge in [-0.05, 0) is 30.3 Å². The quantitative estimate of drug-likeness (QED) is 0.837. The number of rotatable bonds is 3. The smallest absolute Gasteiger partial charge is 0.238 e. The molecule has 0 N–H and O–H groups in total. The standard InChI is InChI=1S/C12H9Cl2NO2/c1-16-9-2-4-10(5-3-9)17-12-11(14)6-8(13)7-15-12/h2-7H,1H3. The first kappa shape index (κ1) is 12.0. The first-order chi connectivity index (χ1) is 8.19. The topological polar surface area (TPSA) is 31.4 Å². The molecule has 3 nitrogen and oxygen atoms in total. The molecule has 0 aliphatic heterocycles. The van der Waals surface area contributed by atoms with Crippen molar-refractivity contribution in [1.29, 1.82) is 0 Å². The highest BCUT2D eigenvalue weighted by molar-refractivity contribution is 6.35. The molecule has 1 aromatic carbocycles. The van der Waals surface area contributed by atoms with Crippen LogP contribution in [0.4, 0.5) is 0 Å². The number of methoxy groups -OCH3 is 1. The molecule has 0 amide bonds. The van der Waals surface area contributed by atoms with Crippen molar-refractivity contribution in [2.45, 2.75) is 0 Å². The van der Waals surface area contributed by atoms with Crippen LogP contribution in [0.15, 0.2) is 36.5 Å². The van der Waals surface area contributed by atoms with E-state index in [0.29, 0.717) is 21.7 Å². The zero-order valence-electron chi connectivity index (χ0n) is 8.98. The van der Waals surface area contributed by atoms with E-state index in [4.69, 9.17) is 32.7 Å². The van der Waals surface area contributed by atoms with Crippen molar-refractivity contribution >= 4 is 23.2 Å². The van der Waals surface area contributed by atoms with Crippen molar-refractivity contribution in [1.82, 2.24) is 4.98 Å². The van der Waals surface area contributed by atoms with Gasteiger partial charge >= 0.3 is 0 Å². The predicted octanol–water partition coefficient (Wildman–Crippen LogP) is 4.19. The van der Waals surface area contributed by atoms with E-state index in [9.17, 15) is 0 Å². The summed E-state index contributed by atoms with van der Waals surface area (Å²) < 4.78 is 10.6. The maximum Gasteiger partial charge on any atom is 0.238 e. The second-order valence-corrected chi connectivity index (χ2v) is 4.06. The molecule has 2 rings (SSSR count). The second-order valence-electron chi connectivity index (χ2n) is 3.22. The van der Waals surface area contributed by atoms with Gasteiger partial charge in [0.15, 0.2) is 0 Å². The largest absolute Gasteiger partial charge is 0.497 e. The van der Waals surface area contributed by atoms with Crippen LogP contribution >= 0.6 is 23.2 Å². The van der Waals surface area contributed by atoms with E-state index in [1.54, 1.807) is 37.4 Å². The van der Waals surface area contributed by atoms with E-state index >= 15 is 0 Å². The van der Waals surface area contributed by atoms with Gasteiger partial charge in [-0.3, -0.25) is 0 Å². The molecule has 0 aliphatic carbocycles. The van der Waals surface area contributed by atoms with Crippen LogP contribution in [-0.4, -0.2) is 12.1 Å². The first-order valence-corrected chi connectivity index (χ1v) is 5.57. The van der Waals surface area contributed by atoms with Crippen molar-refractivity contribution in [2.75, 3.05) is 7.11 Å². The summed E-state index contributed by atoms with van der Waals surface area (Å²) in [4.78, 5) is 4.00. The van der Waals surface area contributed by atoms with E-state index < -0.39 is 0 Å². The fraction of sp³-hybridized carbons (Fsp3) is 0.0833. The maximum absolute atomic E-state index is 5.94. The molecule has 0 bridgehead atoms. The minimum atomic E-state index is 0.321. The zero-order chi connectivity index (χ0) is 12.3. The SMILES string of the molecule is COc1ccc(Oc2ncc(Cl)cc2Cl)cc1. The number of ether oxygens (including phenoxy) is 2. The maximum atomic E-state index is 5.94. The molecule has 0 spiro atoms. The normalized spacial score (nSPS) is 10.1. The summed E-state index contributed by atoms with van der Waals surface area (Å²) in [6.45, 7) is 0. The molecule has 88 valence electrons. The Balaban J connectivity index is 2.19. The molecular formula is C12H9Cl2NO2. The van der Waals surface area contributed by atoms with Gasteiger partial charge in [0, 0.05) is 6.20 Å². The lowest BCUT2D eigenvalue weighted by molar-refractivity contribution is 0.412. The van der Waals surface area contributed by atoms with Crippen LogP contribution in [0, 0.1) is 0 Å². The van der Waals surface area contributed by atoms with Crippen molar-refractivity contribution in [3.8, 4) is 17.4 Å². The minimum absolute atomic E-state index is 0.321. The van der Waals surface area contributed by atoms with Crippen molar-refractivity contribution in [3.05, 3.63) is 46.6 Å². The summed E-state index contributed by atoms with van der Waals surface area (Å²) in [6.07, 6.45) is 1.48. The van der Waals surface area contributed by atoms with Crippen molar-refractivity contribution < 1.29 is 9.47 Å². The van der Waals surface area contributed by atoms with Gasteiger partial charge in [-0.25, -0.2) is 4.98 Å². The van der Waals surface area contributed by atoms with Crippen LogP contribution in [0.3, 0.4) is 0 Å². The Morgan fingerprint density at radius 2 is 1.71 bits per heavy atom. The molecule has 17 heavy (non-hydrogen) atoms. The molecule has 0 radical (unpaired) electrons. The number of aromatic nitrogens is 1. The summed E-state index contributed by atoms with van der Waals surface area (Å²) in [7, 11) is 1.60. The van der Waals surface area contributed by atoms with Crippen LogP contribution in [0.25, 0.3) is 0 Å². The number of pyridine rings is 1. The third-order valence-corrected chi connectivity index (χ3v) is 2.53. The zero-order valence-corrected chi connectivity index (χ0v) is 10.5. The third-order valence-electron chi connectivity index (χ3n) is 2.05. The van der Waals surface area contributed by atoms with Crippen LogP contribution in [-0.2, 0) is 0 Å². The van der Waals surface area contributed by atoms with Crippen LogP contribution in [0.1, 0.15) is 0 Å². The van der Waals surface area contributed by atoms with Gasteiger partial charge in [0.05, 0.1) is 12.1 Å². The van der Waals surface area contributed by atoms with E-state index in [2.05, 4.69) is 4.98 Å². The van der Waals surface area contributed by atoms with E-state index in [-0.39, 0.29) is 0 Å². The molecule has 2 aromatic rings. The fourth-order valence-corrected chi connectivity index (χ4v) is 1.65. The Kier molecular flexibility index (Phi) is 3.71. The minimum Gasteiger partial charge on any atom is -0.497 e. The predicted molar refractivity (Wildman–Crippen MR) is 67.3 cm³/mol. The molecule has 1 heterocycles. The lowest BCUT2D eigenvalue weighted by atomic mass is 10.3. The Bertz CT molecular complexity index is 514. The number of nitrogens with zero attached hydrogens (tertiary/aromatic N) is 1. The van der Waals surface area contributed by atoms with Gasteiger partial charge in [-0.1, -0.05) is 23.2 Å². The van der Waals surface area contributed by atoms with Gasteiger partial charge < -0.3 is 9.47 Å². The molecule has 0 atom stereocenters. The monoisotopic (exact) mass is 269 g/mol. The Morgan fingerprint density at radius 1 is 1.06 bits per heavy atom. The van der Waals surface area contributed by atoms with Gasteiger partial charge in [-0.15, -0.1) is 0 Å². The lowest BCUT2D eigenvalue weighted by Crippen LogP contribution is -1.89. The average Bonchev–Trinajstić information content (AvgIpc) is 2.34. The highest BCUT2D eigenvalue weighted by Crippen LogP contribution is 2.29. The number of halogens is 2. The van der Waals surface area contributed by atoms with E-state index in [0.717, 1.165) is 5.75 Å². The Morgan fingerprint density at radius 3 is 2.29 bits per heavy atom. The fourth-order valence-electron chi connectivity index (χ4n) is 1.23. The van der Waals surface area contributed by atoms with Crippen molar-refractivity contribution in [3.63, 3.8) is 0 Å². The average molecular weight is 270 g/mol. The summed E-state index contributed by atoms with van der Waals surface area (Å²) >= 11 is 11.7. The third kappa shape index (κ3) is 3.02. The van der Waals surface area contributed by atoms with Crippen LogP contribution in [0.2, 0.25) is 10.0 Å². The number of benzene rings is 1. The van der Waals surface area contributed by atoms with Crippen LogP contribution in [0.5, 0.6) is 17.4 Å². The van der Waals surface area contributed by atoms with Crippen LogP contribution < -0.4 is 9.47 Å². The first-order valence-electron chi connectivity index (χ1n) is 4.82. The Labute approximate surface area is 109 Å². The number of hydrogen-bond acceptors (Lipinski definition) is 3. The van der Waals surface area contributed by atoms with E-state index in [1.165, 1.54) is 6.20 Å². The number of hydrogen-bond donors (Lipinski definition) is 0. The summed E-state index contributed by atoms with van der Waals surface area (Å²) in [5, 5.41) is 0.838. The molecule has 0 saturated heterocycles. The molecule has 0 fully saturated rings. The highest BCUT2D eigenvalue weighted by Gasteiger charge is 2.05. The van der Waals surface area contributed by atoms with Gasteiger partial charge in [0.25, 0.3) is 0 Å². The second kappa shape index (κ2) is 5.25. The molecule has 0 aliphatic rings. The summed E-state index contributed by atoms with van der Waals surface area (Å²) in [5.74, 6) is 1.70. The highest BCUT2D eigenvalue weighted by atomic mass is 35.5. The Hall–Kier alpha value is -1.45. The molecular weight excluding hydrogens is 261 g/mol. The van der Waals surface area contributed by atoms with Gasteiger partial charge in [-0.2, -0.15) is 0 Å². The van der Waals surface area contributed by atoms with Crippen molar-refractivity contribution in [2.24, 2.45) is 0 Å². The lowest BCUT2D eigenvalue weighted by Gasteiger charge is -2.07. The van der Waals surface area contributed by atoms with Gasteiger partial charge in [0.2, 0.25) is 5.88 Å².